The normalized spacial score (nSPS) is 18.0. The van der Waals surface area contributed by atoms with Crippen LogP contribution in [0.2, 0.25) is 0 Å². The number of thiophene rings is 1. The van der Waals surface area contributed by atoms with Crippen LogP contribution in [0.4, 0.5) is 4.79 Å². The van der Waals surface area contributed by atoms with Crippen molar-refractivity contribution in [3.8, 4) is 0 Å². The van der Waals surface area contributed by atoms with Gasteiger partial charge in [-0.3, -0.25) is 0 Å². The van der Waals surface area contributed by atoms with Crippen LogP contribution in [-0.2, 0) is 10.0 Å². The number of carbonyl (C=O) groups is 1. The van der Waals surface area contributed by atoms with Crippen LogP contribution >= 0.6 is 11.3 Å². The summed E-state index contributed by atoms with van der Waals surface area (Å²) in [7, 11) is -3.47. The molecule has 0 aliphatic carbocycles. The minimum atomic E-state index is -3.47. The number of nitrogens with zero attached hydrogens (tertiary/aromatic N) is 2. The SMILES string of the molecule is Cc1cc(C)c(S(=O)(=O)N2CCCN(C(N)=O)CC2)s1. The smallest absolute Gasteiger partial charge is 0.314 e. The highest BCUT2D eigenvalue weighted by molar-refractivity contribution is 7.91. The van der Waals surface area contributed by atoms with Crippen molar-refractivity contribution >= 4 is 27.4 Å². The number of hydrogen-bond donors (Lipinski definition) is 1. The highest BCUT2D eigenvalue weighted by atomic mass is 32.2. The topological polar surface area (TPSA) is 83.7 Å². The number of rotatable bonds is 2. The van der Waals surface area contributed by atoms with Crippen molar-refractivity contribution in [2.75, 3.05) is 26.2 Å². The second-order valence-corrected chi connectivity index (χ2v) is 8.30. The molecule has 1 aliphatic rings. The van der Waals surface area contributed by atoms with E-state index in [0.717, 1.165) is 10.4 Å². The molecule has 1 fully saturated rings. The van der Waals surface area contributed by atoms with Gasteiger partial charge in [0.2, 0.25) is 0 Å². The van der Waals surface area contributed by atoms with E-state index in [4.69, 9.17) is 5.73 Å². The van der Waals surface area contributed by atoms with Gasteiger partial charge in [-0.2, -0.15) is 4.31 Å². The number of hydrogen-bond acceptors (Lipinski definition) is 4. The zero-order valence-electron chi connectivity index (χ0n) is 11.6. The molecule has 2 rings (SSSR count). The Balaban J connectivity index is 2.22. The highest BCUT2D eigenvalue weighted by Gasteiger charge is 2.30. The number of nitrogens with two attached hydrogens (primary N) is 1. The molecule has 8 heteroatoms. The van der Waals surface area contributed by atoms with Crippen LogP contribution in [0.25, 0.3) is 0 Å². The summed E-state index contributed by atoms with van der Waals surface area (Å²) < 4.78 is 27.2. The number of aryl methyl sites for hydroxylation is 2. The molecule has 1 aliphatic heterocycles. The fourth-order valence-electron chi connectivity index (χ4n) is 2.35. The Hall–Kier alpha value is -1.12. The number of urea groups is 1. The minimum Gasteiger partial charge on any atom is -0.351 e. The van der Waals surface area contributed by atoms with Gasteiger partial charge in [0.1, 0.15) is 4.21 Å². The second kappa shape index (κ2) is 5.71. The molecular formula is C12H19N3O3S2. The van der Waals surface area contributed by atoms with Crippen LogP contribution in [0.3, 0.4) is 0 Å². The lowest BCUT2D eigenvalue weighted by Crippen LogP contribution is -2.39. The third-order valence-electron chi connectivity index (χ3n) is 3.34. The molecule has 0 saturated carbocycles. The molecule has 1 aromatic heterocycles. The van der Waals surface area contributed by atoms with E-state index in [-0.39, 0.29) is 0 Å². The van der Waals surface area contributed by atoms with Gasteiger partial charge in [-0.15, -0.1) is 11.3 Å². The van der Waals surface area contributed by atoms with E-state index < -0.39 is 16.1 Å². The number of sulfonamides is 1. The van der Waals surface area contributed by atoms with Gasteiger partial charge < -0.3 is 10.6 Å². The Morgan fingerprint density at radius 1 is 1.25 bits per heavy atom. The van der Waals surface area contributed by atoms with Crippen LogP contribution in [0, 0.1) is 13.8 Å². The van der Waals surface area contributed by atoms with Gasteiger partial charge in [-0.05, 0) is 31.9 Å². The summed E-state index contributed by atoms with van der Waals surface area (Å²) in [6, 6.07) is 1.39. The number of primary amides is 1. The lowest BCUT2D eigenvalue weighted by molar-refractivity contribution is 0.210. The minimum absolute atomic E-state index is 0.293. The lowest BCUT2D eigenvalue weighted by Gasteiger charge is -2.20. The summed E-state index contributed by atoms with van der Waals surface area (Å²) in [6.45, 7) is 5.27. The van der Waals surface area contributed by atoms with E-state index in [1.54, 1.807) is 0 Å². The van der Waals surface area contributed by atoms with Crippen molar-refractivity contribution in [3.63, 3.8) is 0 Å². The Labute approximate surface area is 123 Å². The summed E-state index contributed by atoms with van der Waals surface area (Å²) in [5.41, 5.74) is 6.03. The largest absolute Gasteiger partial charge is 0.351 e. The van der Waals surface area contributed by atoms with Gasteiger partial charge >= 0.3 is 6.03 Å². The van der Waals surface area contributed by atoms with Gasteiger partial charge in [-0.25, -0.2) is 13.2 Å². The van der Waals surface area contributed by atoms with E-state index in [9.17, 15) is 13.2 Å². The van der Waals surface area contributed by atoms with E-state index in [0.29, 0.717) is 36.8 Å². The van der Waals surface area contributed by atoms with Crippen molar-refractivity contribution in [1.82, 2.24) is 9.21 Å². The molecule has 1 saturated heterocycles. The zero-order valence-corrected chi connectivity index (χ0v) is 13.3. The first kappa shape index (κ1) is 15.3. The first-order valence-electron chi connectivity index (χ1n) is 6.44. The first-order chi connectivity index (χ1) is 9.32. The Morgan fingerprint density at radius 2 is 1.95 bits per heavy atom. The molecule has 0 radical (unpaired) electrons. The van der Waals surface area contributed by atoms with E-state index >= 15 is 0 Å². The van der Waals surface area contributed by atoms with Crippen molar-refractivity contribution in [3.05, 3.63) is 16.5 Å². The molecular weight excluding hydrogens is 298 g/mol. The van der Waals surface area contributed by atoms with Crippen LogP contribution < -0.4 is 5.73 Å². The fourth-order valence-corrected chi connectivity index (χ4v) is 5.62. The van der Waals surface area contributed by atoms with E-state index in [1.807, 2.05) is 19.9 Å². The molecule has 2 amide bonds. The van der Waals surface area contributed by atoms with Crippen LogP contribution in [0.1, 0.15) is 16.9 Å². The third kappa shape index (κ3) is 2.97. The van der Waals surface area contributed by atoms with Crippen LogP contribution in [0.5, 0.6) is 0 Å². The molecule has 0 atom stereocenters. The van der Waals surface area contributed by atoms with Crippen molar-refractivity contribution in [2.24, 2.45) is 5.73 Å². The molecule has 20 heavy (non-hydrogen) atoms. The van der Waals surface area contributed by atoms with Gasteiger partial charge in [0.05, 0.1) is 0 Å². The molecule has 2 heterocycles. The predicted octanol–water partition coefficient (Wildman–Crippen LogP) is 1.14. The predicted molar refractivity (Wildman–Crippen MR) is 78.3 cm³/mol. The summed E-state index contributed by atoms with van der Waals surface area (Å²) >= 11 is 1.29. The number of amides is 2. The quantitative estimate of drug-likeness (QED) is 0.888. The van der Waals surface area contributed by atoms with Gasteiger partial charge in [-0.1, -0.05) is 0 Å². The van der Waals surface area contributed by atoms with E-state index in [1.165, 1.54) is 20.5 Å². The van der Waals surface area contributed by atoms with Crippen molar-refractivity contribution in [1.29, 1.82) is 0 Å². The highest BCUT2D eigenvalue weighted by Crippen LogP contribution is 2.29. The molecule has 0 bridgehead atoms. The van der Waals surface area contributed by atoms with Gasteiger partial charge in [0.25, 0.3) is 10.0 Å². The van der Waals surface area contributed by atoms with Gasteiger partial charge in [0, 0.05) is 31.1 Å². The molecule has 1 aromatic rings. The maximum absolute atomic E-state index is 12.7. The van der Waals surface area contributed by atoms with Crippen molar-refractivity contribution in [2.45, 2.75) is 24.5 Å². The molecule has 0 unspecified atom stereocenters. The Bertz CT molecular complexity index is 609. The summed E-state index contributed by atoms with van der Waals surface area (Å²) in [4.78, 5) is 13.6. The summed E-state index contributed by atoms with van der Waals surface area (Å²) in [6.07, 6.45) is 0.603. The van der Waals surface area contributed by atoms with Crippen molar-refractivity contribution < 1.29 is 13.2 Å². The monoisotopic (exact) mass is 317 g/mol. The fraction of sp³-hybridized carbons (Fsp3) is 0.583. The average molecular weight is 317 g/mol. The standard InChI is InChI=1S/C12H19N3O3S2/c1-9-8-10(2)19-11(9)20(17,18)15-5-3-4-14(6-7-15)12(13)16/h8H,3-7H2,1-2H3,(H2,13,16). The molecule has 0 spiro atoms. The third-order valence-corrected chi connectivity index (χ3v) is 7.00. The molecule has 6 nitrogen and oxygen atoms in total. The maximum atomic E-state index is 12.7. The Morgan fingerprint density at radius 3 is 2.50 bits per heavy atom. The van der Waals surface area contributed by atoms with Gasteiger partial charge in [0.15, 0.2) is 0 Å². The molecule has 112 valence electrons. The summed E-state index contributed by atoms with van der Waals surface area (Å²) in [5.74, 6) is 0. The van der Waals surface area contributed by atoms with Crippen LogP contribution in [-0.4, -0.2) is 49.8 Å². The summed E-state index contributed by atoms with van der Waals surface area (Å²) in [5, 5.41) is 0. The molecule has 2 N–H and O–H groups in total. The first-order valence-corrected chi connectivity index (χ1v) is 8.69. The van der Waals surface area contributed by atoms with Crippen LogP contribution in [0.15, 0.2) is 10.3 Å². The van der Waals surface area contributed by atoms with E-state index in [2.05, 4.69) is 0 Å². The lowest BCUT2D eigenvalue weighted by atomic mass is 10.4. The average Bonchev–Trinajstić information content (AvgIpc) is 2.59. The second-order valence-electron chi connectivity index (χ2n) is 4.91. The zero-order chi connectivity index (χ0) is 14.9. The number of carbonyl (C=O) groups excluding carboxylic acids is 1. The Kier molecular flexibility index (Phi) is 4.36. The molecule has 0 aromatic carbocycles. The maximum Gasteiger partial charge on any atom is 0.314 e.